The summed E-state index contributed by atoms with van der Waals surface area (Å²) in [6, 6.07) is 15.3. The molecule has 0 aromatic heterocycles. The van der Waals surface area contributed by atoms with Crippen LogP contribution < -0.4 is 10.2 Å². The van der Waals surface area contributed by atoms with E-state index in [0.717, 1.165) is 12.7 Å². The monoisotopic (exact) mass is 506 g/mol. The fraction of sp³-hybridized carbons (Fsp3) is 0.0667. The lowest BCUT2D eigenvalue weighted by atomic mass is 10.2. The van der Waals surface area contributed by atoms with Crippen LogP contribution in [0, 0.1) is 7.14 Å². The lowest BCUT2D eigenvalue weighted by Gasteiger charge is -2.06. The second-order valence-electron chi connectivity index (χ2n) is 4.03. The molecule has 6 heteroatoms. The van der Waals surface area contributed by atoms with Gasteiger partial charge in [-0.3, -0.25) is 4.79 Å². The first kappa shape index (κ1) is 16.2. The summed E-state index contributed by atoms with van der Waals surface area (Å²) in [6.07, 6.45) is 1.62. The van der Waals surface area contributed by atoms with Crippen LogP contribution in [0.25, 0.3) is 0 Å². The van der Waals surface area contributed by atoms with Crippen molar-refractivity contribution in [1.29, 1.82) is 0 Å². The van der Waals surface area contributed by atoms with Crippen molar-refractivity contribution in [2.75, 3.05) is 6.61 Å². The molecule has 108 valence electrons. The summed E-state index contributed by atoms with van der Waals surface area (Å²) < 4.78 is 7.47. The Morgan fingerprint density at radius 2 is 1.76 bits per heavy atom. The highest BCUT2D eigenvalue weighted by Crippen LogP contribution is 2.19. The van der Waals surface area contributed by atoms with Gasteiger partial charge in [0.05, 0.1) is 9.78 Å². The Balaban J connectivity index is 1.83. The molecule has 0 atom stereocenters. The third-order valence-corrected chi connectivity index (χ3v) is 4.37. The van der Waals surface area contributed by atoms with Gasteiger partial charge in [0.25, 0.3) is 5.91 Å². The van der Waals surface area contributed by atoms with Crippen LogP contribution in [0.3, 0.4) is 0 Å². The quantitative estimate of drug-likeness (QED) is 0.384. The Morgan fingerprint density at radius 3 is 2.48 bits per heavy atom. The fourth-order valence-corrected chi connectivity index (χ4v) is 2.56. The number of hydrogen-bond acceptors (Lipinski definition) is 3. The van der Waals surface area contributed by atoms with E-state index in [4.69, 9.17) is 4.74 Å². The number of nitrogens with zero attached hydrogens (tertiary/aromatic N) is 1. The summed E-state index contributed by atoms with van der Waals surface area (Å²) in [5.74, 6) is 0.395. The molecule has 0 heterocycles. The van der Waals surface area contributed by atoms with Gasteiger partial charge >= 0.3 is 0 Å². The third kappa shape index (κ3) is 5.27. The summed E-state index contributed by atoms with van der Waals surface area (Å²) in [5, 5.41) is 3.93. The zero-order valence-corrected chi connectivity index (χ0v) is 15.2. The van der Waals surface area contributed by atoms with E-state index in [0.29, 0.717) is 5.75 Å². The van der Waals surface area contributed by atoms with Crippen LogP contribution in [0.4, 0.5) is 0 Å². The van der Waals surface area contributed by atoms with Crippen molar-refractivity contribution in [2.45, 2.75) is 0 Å². The molecule has 1 N–H and O–H groups in total. The highest BCUT2D eigenvalue weighted by atomic mass is 127. The molecule has 2 rings (SSSR count). The van der Waals surface area contributed by atoms with E-state index in [1.807, 2.05) is 48.5 Å². The Morgan fingerprint density at radius 1 is 1.10 bits per heavy atom. The standard InChI is InChI=1S/C15H12I2N2O2/c16-12-6-2-1-5-11(12)9-18-19-15(20)10-21-14-8-4-3-7-13(14)17/h1-9H,10H2,(H,19,20)/b18-9+. The highest BCUT2D eigenvalue weighted by Gasteiger charge is 2.03. The average Bonchev–Trinajstić information content (AvgIpc) is 2.48. The van der Waals surface area contributed by atoms with Gasteiger partial charge in [-0.1, -0.05) is 30.3 Å². The minimum atomic E-state index is -0.295. The van der Waals surface area contributed by atoms with E-state index in [1.165, 1.54) is 0 Å². The van der Waals surface area contributed by atoms with E-state index in [9.17, 15) is 4.79 Å². The molecule has 0 aliphatic rings. The van der Waals surface area contributed by atoms with E-state index < -0.39 is 0 Å². The van der Waals surface area contributed by atoms with Gasteiger partial charge in [-0.25, -0.2) is 5.43 Å². The number of nitrogens with one attached hydrogen (secondary N) is 1. The Kier molecular flexibility index (Phi) is 6.43. The van der Waals surface area contributed by atoms with Gasteiger partial charge in [0.2, 0.25) is 0 Å². The molecular weight excluding hydrogens is 494 g/mol. The van der Waals surface area contributed by atoms with Crippen molar-refractivity contribution in [3.05, 3.63) is 61.2 Å². The summed E-state index contributed by atoms with van der Waals surface area (Å²) in [6.45, 7) is -0.0662. The molecule has 2 aromatic carbocycles. The lowest BCUT2D eigenvalue weighted by molar-refractivity contribution is -0.123. The number of carbonyl (C=O) groups is 1. The number of halogens is 2. The van der Waals surface area contributed by atoms with Crippen LogP contribution in [-0.4, -0.2) is 18.7 Å². The van der Waals surface area contributed by atoms with Crippen molar-refractivity contribution in [3.8, 4) is 5.75 Å². The minimum absolute atomic E-state index is 0.0662. The largest absolute Gasteiger partial charge is 0.483 e. The van der Waals surface area contributed by atoms with Gasteiger partial charge in [0.15, 0.2) is 6.61 Å². The first-order chi connectivity index (χ1) is 10.2. The van der Waals surface area contributed by atoms with Gasteiger partial charge in [0.1, 0.15) is 5.75 Å². The summed E-state index contributed by atoms with van der Waals surface area (Å²) in [4.78, 5) is 11.6. The van der Waals surface area contributed by atoms with Crippen LogP contribution in [0.15, 0.2) is 53.6 Å². The number of amides is 1. The molecule has 2 aromatic rings. The van der Waals surface area contributed by atoms with Gasteiger partial charge in [-0.2, -0.15) is 5.10 Å². The normalized spacial score (nSPS) is 10.6. The zero-order chi connectivity index (χ0) is 15.1. The van der Waals surface area contributed by atoms with Crippen molar-refractivity contribution < 1.29 is 9.53 Å². The van der Waals surface area contributed by atoms with E-state index in [1.54, 1.807) is 6.21 Å². The van der Waals surface area contributed by atoms with Crippen LogP contribution >= 0.6 is 45.2 Å². The number of carbonyl (C=O) groups excluding carboxylic acids is 1. The Hall–Kier alpha value is -1.16. The maximum atomic E-state index is 11.6. The predicted molar refractivity (Wildman–Crippen MR) is 99.5 cm³/mol. The molecule has 4 nitrogen and oxygen atoms in total. The number of hydrogen-bond donors (Lipinski definition) is 1. The van der Waals surface area contributed by atoms with E-state index >= 15 is 0 Å². The molecule has 0 bridgehead atoms. The SMILES string of the molecule is O=C(COc1ccccc1I)N/N=C/c1ccccc1I. The van der Waals surface area contributed by atoms with Gasteiger partial charge in [0, 0.05) is 9.13 Å². The Bertz CT molecular complexity index is 660. The van der Waals surface area contributed by atoms with Crippen LogP contribution in [-0.2, 0) is 4.79 Å². The van der Waals surface area contributed by atoms with Gasteiger partial charge in [-0.05, 0) is 63.4 Å². The smallest absolute Gasteiger partial charge is 0.277 e. The summed E-state index contributed by atoms with van der Waals surface area (Å²) in [7, 11) is 0. The zero-order valence-electron chi connectivity index (χ0n) is 10.9. The maximum absolute atomic E-state index is 11.6. The molecule has 0 spiro atoms. The van der Waals surface area contributed by atoms with Crippen molar-refractivity contribution >= 4 is 57.3 Å². The second-order valence-corrected chi connectivity index (χ2v) is 6.36. The number of ether oxygens (including phenoxy) is 1. The molecule has 0 aliphatic heterocycles. The number of hydrazone groups is 1. The van der Waals surface area contributed by atoms with Crippen molar-refractivity contribution in [2.24, 2.45) is 5.10 Å². The fourth-order valence-electron chi connectivity index (χ4n) is 1.49. The van der Waals surface area contributed by atoms with E-state index in [2.05, 4.69) is 55.7 Å². The van der Waals surface area contributed by atoms with Crippen molar-refractivity contribution in [1.82, 2.24) is 5.43 Å². The van der Waals surface area contributed by atoms with Crippen molar-refractivity contribution in [3.63, 3.8) is 0 Å². The molecule has 0 fully saturated rings. The molecule has 0 unspecified atom stereocenters. The molecular formula is C15H12I2N2O2. The van der Waals surface area contributed by atoms with Gasteiger partial charge in [-0.15, -0.1) is 0 Å². The lowest BCUT2D eigenvalue weighted by Crippen LogP contribution is -2.24. The summed E-state index contributed by atoms with van der Waals surface area (Å²) in [5.41, 5.74) is 3.40. The minimum Gasteiger partial charge on any atom is -0.483 e. The molecule has 0 radical (unpaired) electrons. The highest BCUT2D eigenvalue weighted by molar-refractivity contribution is 14.1. The average molecular weight is 506 g/mol. The predicted octanol–water partition coefficient (Wildman–Crippen LogP) is 3.42. The van der Waals surface area contributed by atoms with Crippen LogP contribution in [0.5, 0.6) is 5.75 Å². The number of benzene rings is 2. The second kappa shape index (κ2) is 8.32. The maximum Gasteiger partial charge on any atom is 0.277 e. The summed E-state index contributed by atoms with van der Waals surface area (Å²) >= 11 is 4.38. The number of para-hydroxylation sites is 1. The topological polar surface area (TPSA) is 50.7 Å². The van der Waals surface area contributed by atoms with Gasteiger partial charge < -0.3 is 4.74 Å². The molecule has 1 amide bonds. The van der Waals surface area contributed by atoms with E-state index in [-0.39, 0.29) is 12.5 Å². The first-order valence-corrected chi connectivity index (χ1v) is 8.26. The first-order valence-electron chi connectivity index (χ1n) is 6.10. The molecule has 0 saturated heterocycles. The molecule has 21 heavy (non-hydrogen) atoms. The molecule has 0 aliphatic carbocycles. The number of rotatable bonds is 5. The molecule has 0 saturated carbocycles. The third-order valence-electron chi connectivity index (χ3n) is 2.49. The van der Waals surface area contributed by atoms with Crippen LogP contribution in [0.1, 0.15) is 5.56 Å². The Labute approximate surface area is 150 Å². The van der Waals surface area contributed by atoms with Crippen LogP contribution in [0.2, 0.25) is 0 Å².